The Balaban J connectivity index is 2.98. The van der Waals surface area contributed by atoms with E-state index >= 15 is 0 Å². The van der Waals surface area contributed by atoms with E-state index in [1.807, 2.05) is 27.7 Å². The predicted molar refractivity (Wildman–Crippen MR) is 92.5 cm³/mol. The fraction of sp³-hybridized carbons (Fsp3) is 0.579. The normalized spacial score (nSPS) is 10.5. The van der Waals surface area contributed by atoms with Crippen molar-refractivity contribution in [3.05, 3.63) is 18.2 Å². The van der Waals surface area contributed by atoms with Crippen LogP contribution in [0.25, 0.3) is 0 Å². The van der Waals surface area contributed by atoms with Gasteiger partial charge in [0.05, 0.1) is 6.10 Å². The van der Waals surface area contributed by atoms with Gasteiger partial charge in [0, 0.05) is 12.8 Å². The maximum Gasteiger partial charge on any atom is 0.311 e. The number of rotatable bonds is 10. The maximum atomic E-state index is 12.0. The molecule has 0 unspecified atom stereocenters. The summed E-state index contributed by atoms with van der Waals surface area (Å²) < 4.78 is 16.5. The fourth-order valence-electron chi connectivity index (χ4n) is 2.00. The molecule has 0 radical (unpaired) electrons. The van der Waals surface area contributed by atoms with Crippen LogP contribution in [0.3, 0.4) is 0 Å². The molecule has 0 heterocycles. The summed E-state index contributed by atoms with van der Waals surface area (Å²) in [6, 6.07) is 5.02. The smallest absolute Gasteiger partial charge is 0.311 e. The minimum Gasteiger partial charge on any atom is -0.487 e. The van der Waals surface area contributed by atoms with E-state index in [0.717, 1.165) is 25.7 Å². The molecule has 5 heteroatoms. The summed E-state index contributed by atoms with van der Waals surface area (Å²) in [6.07, 6.45) is 3.86. The molecule has 0 saturated heterocycles. The number of ether oxygens (including phenoxy) is 3. The average molecular weight is 336 g/mol. The van der Waals surface area contributed by atoms with Crippen molar-refractivity contribution in [2.75, 3.05) is 0 Å². The molecule has 0 atom stereocenters. The fourth-order valence-corrected chi connectivity index (χ4v) is 2.00. The second-order valence-electron chi connectivity index (χ2n) is 5.91. The molecule has 1 aromatic rings. The zero-order valence-electron chi connectivity index (χ0n) is 15.1. The predicted octanol–water partition coefficient (Wildman–Crippen LogP) is 4.67. The van der Waals surface area contributed by atoms with Gasteiger partial charge < -0.3 is 14.2 Å². The van der Waals surface area contributed by atoms with Gasteiger partial charge in [-0.3, -0.25) is 9.59 Å². The first-order valence-corrected chi connectivity index (χ1v) is 8.68. The SMILES string of the molecule is CCCCC(=O)Oc1cccc(OC(C)C)c1OC(=O)CCCC. The largest absolute Gasteiger partial charge is 0.487 e. The first-order valence-electron chi connectivity index (χ1n) is 8.68. The van der Waals surface area contributed by atoms with Gasteiger partial charge >= 0.3 is 11.9 Å². The molecule has 0 saturated carbocycles. The molecule has 24 heavy (non-hydrogen) atoms. The second-order valence-corrected chi connectivity index (χ2v) is 5.91. The Bertz CT molecular complexity index is 537. The van der Waals surface area contributed by atoms with Crippen LogP contribution >= 0.6 is 0 Å². The quantitative estimate of drug-likeness (QED) is 0.459. The van der Waals surface area contributed by atoms with Gasteiger partial charge in [-0.1, -0.05) is 32.8 Å². The Hall–Kier alpha value is -2.04. The summed E-state index contributed by atoms with van der Waals surface area (Å²) in [6.45, 7) is 7.76. The van der Waals surface area contributed by atoms with E-state index in [4.69, 9.17) is 14.2 Å². The highest BCUT2D eigenvalue weighted by Gasteiger charge is 2.19. The van der Waals surface area contributed by atoms with Crippen molar-refractivity contribution in [2.24, 2.45) is 0 Å². The highest BCUT2D eigenvalue weighted by atomic mass is 16.6. The minimum atomic E-state index is -0.359. The third-order valence-corrected chi connectivity index (χ3v) is 3.21. The Morgan fingerprint density at radius 1 is 0.917 bits per heavy atom. The topological polar surface area (TPSA) is 61.8 Å². The zero-order chi connectivity index (χ0) is 17.9. The third kappa shape index (κ3) is 7.02. The van der Waals surface area contributed by atoms with Gasteiger partial charge in [0.2, 0.25) is 5.75 Å². The van der Waals surface area contributed by atoms with Crippen molar-refractivity contribution < 1.29 is 23.8 Å². The second kappa shape index (κ2) is 10.7. The van der Waals surface area contributed by atoms with Crippen molar-refractivity contribution in [1.29, 1.82) is 0 Å². The molecule has 1 rings (SSSR count). The van der Waals surface area contributed by atoms with Gasteiger partial charge in [0.15, 0.2) is 11.5 Å². The molecule has 5 nitrogen and oxygen atoms in total. The van der Waals surface area contributed by atoms with E-state index in [0.29, 0.717) is 18.6 Å². The van der Waals surface area contributed by atoms with Crippen molar-refractivity contribution in [1.82, 2.24) is 0 Å². The van der Waals surface area contributed by atoms with Crippen LogP contribution in [0.2, 0.25) is 0 Å². The summed E-state index contributed by atoms with van der Waals surface area (Å²) in [7, 11) is 0. The number of benzene rings is 1. The molecule has 0 bridgehead atoms. The third-order valence-electron chi connectivity index (χ3n) is 3.21. The summed E-state index contributed by atoms with van der Waals surface area (Å²) in [5.41, 5.74) is 0. The molecule has 1 aromatic carbocycles. The van der Waals surface area contributed by atoms with E-state index in [-0.39, 0.29) is 29.5 Å². The molecule has 0 aromatic heterocycles. The van der Waals surface area contributed by atoms with Crippen LogP contribution in [0, 0.1) is 0 Å². The van der Waals surface area contributed by atoms with Crippen molar-refractivity contribution in [3.8, 4) is 17.2 Å². The van der Waals surface area contributed by atoms with Crippen molar-refractivity contribution in [2.45, 2.75) is 72.3 Å². The summed E-state index contributed by atoms with van der Waals surface area (Å²) in [5, 5.41) is 0. The molecule has 0 spiro atoms. The number of para-hydroxylation sites is 1. The maximum absolute atomic E-state index is 12.0. The van der Waals surface area contributed by atoms with Crippen LogP contribution in [0.1, 0.15) is 66.2 Å². The number of hydrogen-bond acceptors (Lipinski definition) is 5. The lowest BCUT2D eigenvalue weighted by Gasteiger charge is -2.17. The number of esters is 2. The monoisotopic (exact) mass is 336 g/mol. The summed E-state index contributed by atoms with van der Waals surface area (Å²) >= 11 is 0. The Morgan fingerprint density at radius 2 is 1.46 bits per heavy atom. The zero-order valence-corrected chi connectivity index (χ0v) is 15.1. The number of hydrogen-bond donors (Lipinski definition) is 0. The molecular formula is C19H28O5. The Kier molecular flexibility index (Phi) is 8.90. The molecule has 134 valence electrons. The van der Waals surface area contributed by atoms with Crippen molar-refractivity contribution in [3.63, 3.8) is 0 Å². The van der Waals surface area contributed by atoms with Gasteiger partial charge in [-0.25, -0.2) is 0 Å². The molecule has 0 aliphatic rings. The minimum absolute atomic E-state index is 0.0934. The average Bonchev–Trinajstić information content (AvgIpc) is 2.53. The van der Waals surface area contributed by atoms with Crippen LogP contribution in [0.15, 0.2) is 18.2 Å². The van der Waals surface area contributed by atoms with E-state index in [2.05, 4.69) is 0 Å². The highest BCUT2D eigenvalue weighted by Crippen LogP contribution is 2.38. The van der Waals surface area contributed by atoms with Crippen LogP contribution in [-0.2, 0) is 9.59 Å². The molecule has 0 amide bonds. The molecule has 0 aliphatic carbocycles. The summed E-state index contributed by atoms with van der Waals surface area (Å²) in [4.78, 5) is 23.9. The Labute approximate surface area is 144 Å². The van der Waals surface area contributed by atoms with Crippen LogP contribution < -0.4 is 14.2 Å². The van der Waals surface area contributed by atoms with Gasteiger partial charge in [0.25, 0.3) is 0 Å². The van der Waals surface area contributed by atoms with Gasteiger partial charge in [0.1, 0.15) is 0 Å². The van der Waals surface area contributed by atoms with Crippen LogP contribution in [0.5, 0.6) is 17.2 Å². The summed E-state index contributed by atoms with van der Waals surface area (Å²) in [5.74, 6) is 0.0961. The lowest BCUT2D eigenvalue weighted by atomic mass is 10.2. The molecule has 0 fully saturated rings. The van der Waals surface area contributed by atoms with Crippen molar-refractivity contribution >= 4 is 11.9 Å². The number of carbonyl (C=O) groups is 2. The highest BCUT2D eigenvalue weighted by molar-refractivity contribution is 5.77. The lowest BCUT2D eigenvalue weighted by molar-refractivity contribution is -0.137. The first-order chi connectivity index (χ1) is 11.5. The van der Waals surface area contributed by atoms with Gasteiger partial charge in [-0.2, -0.15) is 0 Å². The first kappa shape index (κ1) is 20.0. The van der Waals surface area contributed by atoms with Crippen LogP contribution in [-0.4, -0.2) is 18.0 Å². The number of carbonyl (C=O) groups excluding carboxylic acids is 2. The van der Waals surface area contributed by atoms with Gasteiger partial charge in [-0.15, -0.1) is 0 Å². The van der Waals surface area contributed by atoms with Gasteiger partial charge in [-0.05, 0) is 38.8 Å². The van der Waals surface area contributed by atoms with E-state index in [9.17, 15) is 9.59 Å². The van der Waals surface area contributed by atoms with Crippen LogP contribution in [0.4, 0.5) is 0 Å². The van der Waals surface area contributed by atoms with E-state index < -0.39 is 0 Å². The number of unbranched alkanes of at least 4 members (excludes halogenated alkanes) is 2. The standard InChI is InChI=1S/C19H28O5/c1-5-7-12-17(20)23-16-11-9-10-15(22-14(3)4)19(16)24-18(21)13-8-6-2/h9-11,14H,5-8,12-13H2,1-4H3. The van der Waals surface area contributed by atoms with E-state index in [1.54, 1.807) is 18.2 Å². The Morgan fingerprint density at radius 3 is 2.00 bits per heavy atom. The molecule has 0 aliphatic heterocycles. The molecular weight excluding hydrogens is 308 g/mol. The van der Waals surface area contributed by atoms with E-state index in [1.165, 1.54) is 0 Å². The molecule has 0 N–H and O–H groups in total. The lowest BCUT2D eigenvalue weighted by Crippen LogP contribution is -2.14.